The molecule has 2 unspecified atom stereocenters. The van der Waals surface area contributed by atoms with Crippen molar-refractivity contribution in [3.8, 4) is 0 Å². The van der Waals surface area contributed by atoms with Gasteiger partial charge in [-0.15, -0.1) is 0 Å². The van der Waals surface area contributed by atoms with Crippen molar-refractivity contribution in [1.82, 2.24) is 5.32 Å². The van der Waals surface area contributed by atoms with Gasteiger partial charge in [-0.05, 0) is 83.5 Å². The molecular formula is C65H123NO5. The number of carbonyl (C=O) groups excluding carboxylic acids is 2. The largest absolute Gasteiger partial charge is 0.466 e. The Bertz CT molecular complexity index is 1150. The molecule has 0 heterocycles. The van der Waals surface area contributed by atoms with Gasteiger partial charge in [-0.25, -0.2) is 0 Å². The summed E-state index contributed by atoms with van der Waals surface area (Å²) in [5.41, 5.74) is 0. The van der Waals surface area contributed by atoms with E-state index in [2.05, 4.69) is 55.6 Å². The molecule has 71 heavy (non-hydrogen) atoms. The summed E-state index contributed by atoms with van der Waals surface area (Å²) in [6, 6.07) is -0.545. The Balaban J connectivity index is 3.40. The normalized spacial score (nSPS) is 12.8. The van der Waals surface area contributed by atoms with Crippen molar-refractivity contribution < 1.29 is 24.5 Å². The summed E-state index contributed by atoms with van der Waals surface area (Å²) >= 11 is 0. The van der Waals surface area contributed by atoms with Crippen LogP contribution in [-0.4, -0.2) is 47.4 Å². The Morgan fingerprint density at radius 1 is 0.394 bits per heavy atom. The molecule has 0 aliphatic carbocycles. The number of aliphatic hydroxyl groups is 2. The molecule has 0 aromatic carbocycles. The van der Waals surface area contributed by atoms with Gasteiger partial charge >= 0.3 is 5.97 Å². The molecule has 0 spiro atoms. The van der Waals surface area contributed by atoms with E-state index in [1.165, 1.54) is 257 Å². The van der Waals surface area contributed by atoms with Gasteiger partial charge in [0, 0.05) is 12.8 Å². The van der Waals surface area contributed by atoms with Crippen LogP contribution in [0.25, 0.3) is 0 Å². The highest BCUT2D eigenvalue weighted by Crippen LogP contribution is 2.17. The van der Waals surface area contributed by atoms with E-state index >= 15 is 0 Å². The summed E-state index contributed by atoms with van der Waals surface area (Å²) in [5.74, 6) is -0.0394. The molecule has 6 heteroatoms. The number of aliphatic hydroxyl groups excluding tert-OH is 2. The Labute approximate surface area is 443 Å². The van der Waals surface area contributed by atoms with Gasteiger partial charge in [-0.1, -0.05) is 281 Å². The van der Waals surface area contributed by atoms with Gasteiger partial charge < -0.3 is 20.3 Å². The van der Waals surface area contributed by atoms with Crippen LogP contribution in [0, 0.1) is 0 Å². The van der Waals surface area contributed by atoms with Crippen LogP contribution in [0.5, 0.6) is 0 Å². The van der Waals surface area contributed by atoms with Crippen LogP contribution >= 0.6 is 0 Å². The van der Waals surface area contributed by atoms with Crippen LogP contribution in [0.3, 0.4) is 0 Å². The molecule has 0 aliphatic heterocycles. The molecule has 3 N–H and O–H groups in total. The minimum atomic E-state index is -0.667. The van der Waals surface area contributed by atoms with Gasteiger partial charge in [-0.2, -0.15) is 0 Å². The molecular weight excluding hydrogens is 875 g/mol. The Hall–Kier alpha value is -1.92. The second kappa shape index (κ2) is 60.6. The molecule has 0 fully saturated rings. The highest BCUT2D eigenvalue weighted by Gasteiger charge is 2.20. The third kappa shape index (κ3) is 57.2. The molecule has 0 saturated carbocycles. The summed E-state index contributed by atoms with van der Waals surface area (Å²) in [7, 11) is 0. The van der Waals surface area contributed by atoms with Crippen molar-refractivity contribution in [1.29, 1.82) is 0 Å². The number of ether oxygens (including phenoxy) is 1. The smallest absolute Gasteiger partial charge is 0.305 e. The van der Waals surface area contributed by atoms with Crippen LogP contribution in [0.2, 0.25) is 0 Å². The lowest BCUT2D eigenvalue weighted by Gasteiger charge is -2.22. The van der Waals surface area contributed by atoms with Gasteiger partial charge in [0.25, 0.3) is 0 Å². The molecule has 6 nitrogen and oxygen atoms in total. The third-order valence-electron chi connectivity index (χ3n) is 14.7. The van der Waals surface area contributed by atoms with Crippen LogP contribution < -0.4 is 5.32 Å². The second-order valence-electron chi connectivity index (χ2n) is 21.7. The Kier molecular flexibility index (Phi) is 59.0. The van der Waals surface area contributed by atoms with E-state index in [9.17, 15) is 19.8 Å². The zero-order valence-electron chi connectivity index (χ0n) is 47.7. The number of hydrogen-bond acceptors (Lipinski definition) is 5. The summed E-state index contributed by atoms with van der Waals surface area (Å²) in [6.45, 7) is 4.94. The van der Waals surface area contributed by atoms with Crippen LogP contribution in [0.4, 0.5) is 0 Å². The number of carbonyl (C=O) groups is 2. The van der Waals surface area contributed by atoms with Gasteiger partial charge in [0.05, 0.1) is 25.4 Å². The predicted molar refractivity (Wildman–Crippen MR) is 310 cm³/mol. The lowest BCUT2D eigenvalue weighted by molar-refractivity contribution is -0.143. The number of unbranched alkanes of at least 4 members (excludes halogenated alkanes) is 42. The molecule has 1 amide bonds. The average molecular weight is 999 g/mol. The highest BCUT2D eigenvalue weighted by molar-refractivity contribution is 5.76. The number of rotatable bonds is 59. The molecule has 0 rings (SSSR count). The van der Waals surface area contributed by atoms with E-state index in [1.807, 2.05) is 0 Å². The fourth-order valence-corrected chi connectivity index (χ4v) is 9.78. The minimum Gasteiger partial charge on any atom is -0.466 e. The molecule has 0 aromatic heterocycles. The van der Waals surface area contributed by atoms with E-state index < -0.39 is 12.1 Å². The van der Waals surface area contributed by atoms with Crippen molar-refractivity contribution >= 4 is 11.9 Å². The third-order valence-corrected chi connectivity index (χ3v) is 14.7. The van der Waals surface area contributed by atoms with Gasteiger partial charge in [0.15, 0.2) is 0 Å². The van der Waals surface area contributed by atoms with Crippen molar-refractivity contribution in [2.24, 2.45) is 0 Å². The topological polar surface area (TPSA) is 95.9 Å². The second-order valence-corrected chi connectivity index (χ2v) is 21.7. The number of allylic oxidation sites excluding steroid dienone is 6. The lowest BCUT2D eigenvalue weighted by Crippen LogP contribution is -2.45. The molecule has 0 aromatic rings. The monoisotopic (exact) mass is 998 g/mol. The van der Waals surface area contributed by atoms with Gasteiger partial charge in [0.2, 0.25) is 5.91 Å². The Morgan fingerprint density at radius 2 is 0.704 bits per heavy atom. The maximum atomic E-state index is 12.5. The maximum Gasteiger partial charge on any atom is 0.305 e. The molecule has 418 valence electrons. The summed E-state index contributed by atoms with van der Waals surface area (Å²) in [5, 5.41) is 23.3. The van der Waals surface area contributed by atoms with Gasteiger partial charge in [0.1, 0.15) is 0 Å². The van der Waals surface area contributed by atoms with Crippen LogP contribution in [-0.2, 0) is 14.3 Å². The molecule has 0 aliphatic rings. The number of nitrogens with one attached hydrogen (secondary N) is 1. The number of hydrogen-bond donors (Lipinski definition) is 3. The van der Waals surface area contributed by atoms with Crippen molar-refractivity contribution in [3.05, 3.63) is 36.5 Å². The first-order chi connectivity index (χ1) is 35.0. The molecule has 0 radical (unpaired) electrons. The van der Waals surface area contributed by atoms with E-state index in [1.54, 1.807) is 0 Å². The lowest BCUT2D eigenvalue weighted by atomic mass is 10.0. The first-order valence-electron chi connectivity index (χ1n) is 31.7. The minimum absolute atomic E-state index is 0.000844. The highest BCUT2D eigenvalue weighted by atomic mass is 16.5. The van der Waals surface area contributed by atoms with E-state index in [0.29, 0.717) is 25.9 Å². The first-order valence-corrected chi connectivity index (χ1v) is 31.7. The van der Waals surface area contributed by atoms with Crippen molar-refractivity contribution in [3.63, 3.8) is 0 Å². The SMILES string of the molecule is CCCCCC/C=C\C/C=C\CCCCCCCC(=O)OCCCCCCCCCCCCCC/C=C\CCCCCCCCCCC(=O)NC(CO)C(O)CCCCCCCCCCCCCCCC. The Morgan fingerprint density at radius 3 is 1.10 bits per heavy atom. The zero-order chi connectivity index (χ0) is 51.4. The standard InChI is InChI=1S/C65H123NO5/c1-3-5-7-9-11-13-15-17-19-31-35-39-43-47-51-55-59-65(70)71-60-56-52-48-44-40-36-32-29-27-25-23-21-20-22-24-26-28-30-34-38-42-46-50-54-58-64(69)66-62(61-67)63(68)57-53-49-45-41-37-33-18-16-14-12-10-8-6-4-2/h13,15,19,22,24,31,62-63,67-68H,3-12,14,16-18,20-21,23,25-30,32-61H2,1-2H3,(H,66,69)/b15-13-,24-22-,31-19-. The zero-order valence-corrected chi connectivity index (χ0v) is 47.7. The van der Waals surface area contributed by atoms with E-state index in [-0.39, 0.29) is 18.5 Å². The number of esters is 1. The van der Waals surface area contributed by atoms with Crippen molar-refractivity contribution in [2.75, 3.05) is 13.2 Å². The van der Waals surface area contributed by atoms with Crippen LogP contribution in [0.1, 0.15) is 341 Å². The van der Waals surface area contributed by atoms with E-state index in [4.69, 9.17) is 4.74 Å². The first kappa shape index (κ1) is 69.1. The van der Waals surface area contributed by atoms with Gasteiger partial charge in [-0.3, -0.25) is 9.59 Å². The summed E-state index contributed by atoms with van der Waals surface area (Å²) in [4.78, 5) is 24.5. The summed E-state index contributed by atoms with van der Waals surface area (Å²) in [6.07, 6.45) is 75.8. The quantitative estimate of drug-likeness (QED) is 0.0321. The fourth-order valence-electron chi connectivity index (χ4n) is 9.78. The van der Waals surface area contributed by atoms with Crippen molar-refractivity contribution in [2.45, 2.75) is 353 Å². The maximum absolute atomic E-state index is 12.5. The fraction of sp³-hybridized carbons (Fsp3) is 0.877. The predicted octanol–water partition coefficient (Wildman–Crippen LogP) is 20.0. The molecule has 0 saturated heterocycles. The van der Waals surface area contributed by atoms with E-state index in [0.717, 1.165) is 51.4 Å². The summed E-state index contributed by atoms with van der Waals surface area (Å²) < 4.78 is 5.48. The van der Waals surface area contributed by atoms with Crippen LogP contribution in [0.15, 0.2) is 36.5 Å². The molecule has 0 bridgehead atoms. The molecule has 2 atom stereocenters. The number of amides is 1. The average Bonchev–Trinajstić information content (AvgIpc) is 3.37.